The van der Waals surface area contributed by atoms with Gasteiger partial charge in [0.2, 0.25) is 0 Å². The highest BCUT2D eigenvalue weighted by Crippen LogP contribution is 2.30. The molecule has 0 fully saturated rings. The summed E-state index contributed by atoms with van der Waals surface area (Å²) in [6.07, 6.45) is -4.03. The van der Waals surface area contributed by atoms with E-state index in [1.54, 1.807) is 0 Å². The molecule has 0 atom stereocenters. The van der Waals surface area contributed by atoms with Gasteiger partial charge in [0, 0.05) is 6.20 Å². The van der Waals surface area contributed by atoms with Crippen molar-refractivity contribution < 1.29 is 22.7 Å². The Morgan fingerprint density at radius 1 is 1.56 bits per heavy atom. The number of rotatable bonds is 2. The van der Waals surface area contributed by atoms with Crippen molar-refractivity contribution >= 4 is 21.9 Å². The van der Waals surface area contributed by atoms with Crippen LogP contribution >= 0.6 is 15.9 Å². The normalized spacial score (nSPS) is 11.3. The van der Waals surface area contributed by atoms with E-state index in [2.05, 4.69) is 25.7 Å². The first kappa shape index (κ1) is 13.0. The van der Waals surface area contributed by atoms with Gasteiger partial charge in [-0.05, 0) is 27.6 Å². The molecule has 1 aromatic rings. The molecular weight excluding hydrogens is 291 g/mol. The van der Waals surface area contributed by atoms with E-state index in [9.17, 15) is 18.0 Å². The molecule has 0 bridgehead atoms. The van der Waals surface area contributed by atoms with Crippen LogP contribution in [0.25, 0.3) is 0 Å². The fraction of sp³-hybridized carbons (Fsp3) is 0.333. The lowest BCUT2D eigenvalue weighted by atomic mass is 10.1. The number of alkyl halides is 3. The summed E-state index contributed by atoms with van der Waals surface area (Å²) >= 11 is 2.97. The highest BCUT2D eigenvalue weighted by Gasteiger charge is 2.31. The van der Waals surface area contributed by atoms with Gasteiger partial charge in [0.15, 0.2) is 0 Å². The molecular formula is C9H7BrF3NO2. The van der Waals surface area contributed by atoms with Gasteiger partial charge in [0.1, 0.15) is 4.60 Å². The Balaban J connectivity index is 3.04. The van der Waals surface area contributed by atoms with Crippen LogP contribution in [0.5, 0.6) is 0 Å². The van der Waals surface area contributed by atoms with Gasteiger partial charge < -0.3 is 4.74 Å². The van der Waals surface area contributed by atoms with Crippen LogP contribution in [0.15, 0.2) is 16.9 Å². The predicted octanol–water partition coefficient (Wildman–Crippen LogP) is 2.58. The lowest BCUT2D eigenvalue weighted by molar-refractivity contribution is -0.140. The lowest BCUT2D eigenvalue weighted by Crippen LogP contribution is -2.10. The van der Waals surface area contributed by atoms with E-state index in [-0.39, 0.29) is 16.6 Å². The molecule has 1 aromatic heterocycles. The minimum Gasteiger partial charge on any atom is -0.469 e. The number of halogens is 4. The molecule has 1 heterocycles. The second-order valence-electron chi connectivity index (χ2n) is 2.92. The van der Waals surface area contributed by atoms with Crippen molar-refractivity contribution in [2.24, 2.45) is 0 Å². The first-order valence-electron chi connectivity index (χ1n) is 4.13. The number of carbonyl (C=O) groups is 1. The van der Waals surface area contributed by atoms with E-state index in [1.165, 1.54) is 0 Å². The van der Waals surface area contributed by atoms with Crippen LogP contribution < -0.4 is 0 Å². The third-order valence-corrected chi connectivity index (χ3v) is 2.52. The van der Waals surface area contributed by atoms with Crippen LogP contribution in [0.2, 0.25) is 0 Å². The summed E-state index contributed by atoms with van der Waals surface area (Å²) in [6.45, 7) is 0. The first-order valence-corrected chi connectivity index (χ1v) is 4.92. The maximum absolute atomic E-state index is 12.3. The maximum Gasteiger partial charge on any atom is 0.417 e. The van der Waals surface area contributed by atoms with Crippen molar-refractivity contribution in [2.75, 3.05) is 7.11 Å². The van der Waals surface area contributed by atoms with Gasteiger partial charge in [0.25, 0.3) is 0 Å². The van der Waals surface area contributed by atoms with E-state index in [1.807, 2.05) is 0 Å². The zero-order valence-corrected chi connectivity index (χ0v) is 9.72. The lowest BCUT2D eigenvalue weighted by Gasteiger charge is -2.09. The fourth-order valence-electron chi connectivity index (χ4n) is 1.00. The van der Waals surface area contributed by atoms with Crippen molar-refractivity contribution in [1.29, 1.82) is 0 Å². The Morgan fingerprint density at radius 3 is 2.69 bits per heavy atom. The van der Waals surface area contributed by atoms with Crippen LogP contribution in [0.3, 0.4) is 0 Å². The third kappa shape index (κ3) is 3.19. The van der Waals surface area contributed by atoms with Gasteiger partial charge >= 0.3 is 12.1 Å². The number of esters is 1. The highest BCUT2D eigenvalue weighted by molar-refractivity contribution is 9.10. The van der Waals surface area contributed by atoms with Gasteiger partial charge in [-0.2, -0.15) is 13.2 Å². The second kappa shape index (κ2) is 4.82. The number of hydrogen-bond donors (Lipinski definition) is 0. The quantitative estimate of drug-likeness (QED) is 0.622. The van der Waals surface area contributed by atoms with Crippen molar-refractivity contribution in [3.63, 3.8) is 0 Å². The van der Waals surface area contributed by atoms with Crippen LogP contribution in [0.4, 0.5) is 13.2 Å². The Morgan fingerprint density at radius 2 is 2.19 bits per heavy atom. The molecule has 0 aliphatic heterocycles. The van der Waals surface area contributed by atoms with Crippen molar-refractivity contribution in [1.82, 2.24) is 4.98 Å². The van der Waals surface area contributed by atoms with E-state index in [4.69, 9.17) is 0 Å². The Labute approximate surface area is 97.8 Å². The standard InChI is InChI=1S/C9H7BrF3NO2/c1-16-7(15)3-5-2-6(9(11,12)13)4-14-8(5)10/h2,4H,3H2,1H3. The number of hydrogen-bond acceptors (Lipinski definition) is 3. The largest absolute Gasteiger partial charge is 0.469 e. The molecule has 3 nitrogen and oxygen atoms in total. The predicted molar refractivity (Wildman–Crippen MR) is 52.7 cm³/mol. The second-order valence-corrected chi connectivity index (χ2v) is 3.68. The summed E-state index contributed by atoms with van der Waals surface area (Å²) in [7, 11) is 1.16. The molecule has 0 radical (unpaired) electrons. The molecule has 0 unspecified atom stereocenters. The molecule has 0 aliphatic rings. The molecule has 1 rings (SSSR count). The minimum absolute atomic E-state index is 0.140. The molecule has 7 heteroatoms. The molecule has 0 aliphatic carbocycles. The van der Waals surface area contributed by atoms with Crippen LogP contribution in [-0.4, -0.2) is 18.1 Å². The number of methoxy groups -OCH3 is 1. The molecule has 0 spiro atoms. The summed E-state index contributed by atoms with van der Waals surface area (Å²) in [4.78, 5) is 14.5. The minimum atomic E-state index is -4.47. The molecule has 88 valence electrons. The molecule has 0 saturated carbocycles. The number of nitrogens with zero attached hydrogens (tertiary/aromatic N) is 1. The maximum atomic E-state index is 12.3. The van der Waals surface area contributed by atoms with E-state index in [0.29, 0.717) is 6.20 Å². The van der Waals surface area contributed by atoms with Crippen molar-refractivity contribution in [2.45, 2.75) is 12.6 Å². The Kier molecular flexibility index (Phi) is 3.90. The molecule has 16 heavy (non-hydrogen) atoms. The summed E-state index contributed by atoms with van der Waals surface area (Å²) in [6, 6.07) is 0.869. The Hall–Kier alpha value is -1.11. The average molecular weight is 298 g/mol. The molecule has 0 N–H and O–H groups in total. The zero-order chi connectivity index (χ0) is 12.3. The number of carbonyl (C=O) groups excluding carboxylic acids is 1. The van der Waals surface area contributed by atoms with E-state index < -0.39 is 17.7 Å². The van der Waals surface area contributed by atoms with Gasteiger partial charge in [-0.1, -0.05) is 0 Å². The summed E-state index contributed by atoms with van der Waals surface area (Å²) < 4.78 is 41.6. The first-order chi connectivity index (χ1) is 7.34. The van der Waals surface area contributed by atoms with E-state index >= 15 is 0 Å². The van der Waals surface area contributed by atoms with Crippen LogP contribution in [0.1, 0.15) is 11.1 Å². The Bertz CT molecular complexity index is 406. The number of ether oxygens (including phenoxy) is 1. The number of pyridine rings is 1. The summed E-state index contributed by atoms with van der Waals surface area (Å²) in [5, 5.41) is 0. The molecule has 0 aromatic carbocycles. The topological polar surface area (TPSA) is 39.2 Å². The van der Waals surface area contributed by atoms with Gasteiger partial charge in [-0.3, -0.25) is 4.79 Å². The zero-order valence-electron chi connectivity index (χ0n) is 8.14. The SMILES string of the molecule is COC(=O)Cc1cc(C(F)(F)F)cnc1Br. The van der Waals surface area contributed by atoms with E-state index in [0.717, 1.165) is 13.2 Å². The van der Waals surface area contributed by atoms with Gasteiger partial charge in [-0.15, -0.1) is 0 Å². The summed E-state index contributed by atoms with van der Waals surface area (Å²) in [5.41, 5.74) is -0.753. The van der Waals surface area contributed by atoms with Gasteiger partial charge in [0.05, 0.1) is 19.1 Å². The smallest absolute Gasteiger partial charge is 0.417 e. The molecule has 0 amide bonds. The average Bonchev–Trinajstić information content (AvgIpc) is 2.19. The fourth-order valence-corrected chi connectivity index (χ4v) is 1.36. The van der Waals surface area contributed by atoms with Crippen molar-refractivity contribution in [3.8, 4) is 0 Å². The third-order valence-electron chi connectivity index (χ3n) is 1.80. The van der Waals surface area contributed by atoms with Crippen LogP contribution in [0, 0.1) is 0 Å². The van der Waals surface area contributed by atoms with Crippen LogP contribution in [-0.2, 0) is 22.1 Å². The monoisotopic (exact) mass is 297 g/mol. The highest BCUT2D eigenvalue weighted by atomic mass is 79.9. The molecule has 0 saturated heterocycles. The van der Waals surface area contributed by atoms with Gasteiger partial charge in [-0.25, -0.2) is 4.98 Å². The van der Waals surface area contributed by atoms with Crippen molar-refractivity contribution in [3.05, 3.63) is 28.0 Å². The number of aromatic nitrogens is 1. The summed E-state index contributed by atoms with van der Waals surface area (Å²) in [5.74, 6) is -0.623.